The van der Waals surface area contributed by atoms with Crippen molar-refractivity contribution in [3.05, 3.63) is 65.2 Å². The van der Waals surface area contributed by atoms with Crippen LogP contribution >= 0.6 is 0 Å². The molecule has 2 aromatic carbocycles. The molecule has 0 saturated carbocycles. The van der Waals surface area contributed by atoms with Crippen LogP contribution in [0.3, 0.4) is 0 Å². The highest BCUT2D eigenvalue weighted by molar-refractivity contribution is 6.08. The Morgan fingerprint density at radius 3 is 2.63 bits per heavy atom. The Bertz CT molecular complexity index is 685. The van der Waals surface area contributed by atoms with Crippen LogP contribution in [0.4, 0.5) is 5.69 Å². The molecule has 0 aromatic heterocycles. The van der Waals surface area contributed by atoms with Gasteiger partial charge in [-0.05, 0) is 30.2 Å². The Morgan fingerprint density at radius 2 is 1.79 bits per heavy atom. The molecule has 3 heteroatoms. The number of benzene rings is 2. The first-order valence-electron chi connectivity index (χ1n) is 6.20. The average molecular weight is 248 g/mol. The lowest BCUT2D eigenvalue weighted by atomic mass is 9.98. The molecule has 1 heterocycles. The van der Waals surface area contributed by atoms with E-state index in [1.807, 2.05) is 42.5 Å². The fraction of sp³-hybridized carbons (Fsp3) is 0.125. The van der Waals surface area contributed by atoms with Crippen molar-refractivity contribution >= 4 is 11.6 Å². The molecule has 3 rings (SSSR count). The number of rotatable bonds is 1. The van der Waals surface area contributed by atoms with E-state index in [1.165, 1.54) is 0 Å². The smallest absolute Gasteiger partial charge is 0.258 e. The van der Waals surface area contributed by atoms with Crippen LogP contribution in [-0.4, -0.2) is 12.5 Å². The summed E-state index contributed by atoms with van der Waals surface area (Å²) in [5.74, 6) is -0.0236. The molecule has 0 saturated heterocycles. The van der Waals surface area contributed by atoms with Crippen molar-refractivity contribution in [2.75, 3.05) is 11.4 Å². The SMILES string of the molecule is N#Cc1ccccc1N1CCc2ccccc2C1=O. The quantitative estimate of drug-likeness (QED) is 0.778. The summed E-state index contributed by atoms with van der Waals surface area (Å²) in [5.41, 5.74) is 3.06. The number of anilines is 1. The van der Waals surface area contributed by atoms with E-state index in [2.05, 4.69) is 6.07 Å². The first kappa shape index (κ1) is 11.5. The maximum absolute atomic E-state index is 12.5. The Morgan fingerprint density at radius 1 is 1.05 bits per heavy atom. The number of amides is 1. The minimum absolute atomic E-state index is 0.0236. The topological polar surface area (TPSA) is 44.1 Å². The van der Waals surface area contributed by atoms with E-state index in [1.54, 1.807) is 11.0 Å². The summed E-state index contributed by atoms with van der Waals surface area (Å²) in [4.78, 5) is 14.2. The molecule has 0 radical (unpaired) electrons. The number of hydrogen-bond acceptors (Lipinski definition) is 2. The van der Waals surface area contributed by atoms with E-state index >= 15 is 0 Å². The van der Waals surface area contributed by atoms with Gasteiger partial charge in [0.2, 0.25) is 0 Å². The van der Waals surface area contributed by atoms with E-state index < -0.39 is 0 Å². The van der Waals surface area contributed by atoms with Gasteiger partial charge in [-0.1, -0.05) is 30.3 Å². The highest BCUT2D eigenvalue weighted by atomic mass is 16.2. The normalized spacial score (nSPS) is 13.8. The molecule has 0 fully saturated rings. The van der Waals surface area contributed by atoms with Crippen LogP contribution in [0.5, 0.6) is 0 Å². The highest BCUT2D eigenvalue weighted by Gasteiger charge is 2.26. The maximum Gasteiger partial charge on any atom is 0.258 e. The van der Waals surface area contributed by atoms with Gasteiger partial charge in [-0.2, -0.15) is 5.26 Å². The van der Waals surface area contributed by atoms with Crippen molar-refractivity contribution in [3.63, 3.8) is 0 Å². The lowest BCUT2D eigenvalue weighted by Gasteiger charge is -2.29. The second kappa shape index (κ2) is 4.58. The van der Waals surface area contributed by atoms with Crippen LogP contribution in [-0.2, 0) is 6.42 Å². The summed E-state index contributed by atoms with van der Waals surface area (Å²) in [7, 11) is 0. The van der Waals surface area contributed by atoms with E-state index in [0.29, 0.717) is 17.8 Å². The third-order valence-electron chi connectivity index (χ3n) is 3.41. The number of carbonyl (C=O) groups excluding carboxylic acids is 1. The molecule has 1 amide bonds. The largest absolute Gasteiger partial charge is 0.307 e. The minimum atomic E-state index is -0.0236. The molecule has 0 bridgehead atoms. The van der Waals surface area contributed by atoms with E-state index in [-0.39, 0.29) is 5.91 Å². The molecule has 0 aliphatic carbocycles. The van der Waals surface area contributed by atoms with Gasteiger partial charge in [0, 0.05) is 12.1 Å². The van der Waals surface area contributed by atoms with Crippen molar-refractivity contribution in [1.82, 2.24) is 0 Å². The average Bonchev–Trinajstić information content (AvgIpc) is 2.48. The zero-order chi connectivity index (χ0) is 13.2. The van der Waals surface area contributed by atoms with Gasteiger partial charge in [0.1, 0.15) is 6.07 Å². The molecule has 1 aliphatic heterocycles. The molecule has 19 heavy (non-hydrogen) atoms. The van der Waals surface area contributed by atoms with Crippen molar-refractivity contribution in [1.29, 1.82) is 5.26 Å². The Kier molecular flexibility index (Phi) is 2.77. The minimum Gasteiger partial charge on any atom is -0.307 e. The third kappa shape index (κ3) is 1.88. The Hall–Kier alpha value is -2.60. The summed E-state index contributed by atoms with van der Waals surface area (Å²) in [5, 5.41) is 9.14. The van der Waals surface area contributed by atoms with Gasteiger partial charge in [-0.3, -0.25) is 4.79 Å². The van der Waals surface area contributed by atoms with Gasteiger partial charge >= 0.3 is 0 Å². The zero-order valence-corrected chi connectivity index (χ0v) is 10.3. The molecule has 0 N–H and O–H groups in total. The zero-order valence-electron chi connectivity index (χ0n) is 10.3. The Balaban J connectivity index is 2.06. The van der Waals surface area contributed by atoms with Crippen LogP contribution in [0.2, 0.25) is 0 Å². The molecule has 0 spiro atoms. The summed E-state index contributed by atoms with van der Waals surface area (Å²) in [6, 6.07) is 17.0. The van der Waals surface area contributed by atoms with Crippen molar-refractivity contribution in [2.24, 2.45) is 0 Å². The van der Waals surface area contributed by atoms with Crippen molar-refractivity contribution in [2.45, 2.75) is 6.42 Å². The molecule has 0 unspecified atom stereocenters. The second-order valence-electron chi connectivity index (χ2n) is 4.49. The predicted molar refractivity (Wildman–Crippen MR) is 73.0 cm³/mol. The van der Waals surface area contributed by atoms with Crippen molar-refractivity contribution < 1.29 is 4.79 Å². The number of nitrogens with zero attached hydrogens (tertiary/aromatic N) is 2. The van der Waals surface area contributed by atoms with Crippen molar-refractivity contribution in [3.8, 4) is 6.07 Å². The van der Waals surface area contributed by atoms with Gasteiger partial charge in [-0.15, -0.1) is 0 Å². The fourth-order valence-electron chi connectivity index (χ4n) is 2.46. The van der Waals surface area contributed by atoms with Gasteiger partial charge in [0.05, 0.1) is 11.3 Å². The first-order chi connectivity index (χ1) is 9.31. The Labute approximate surface area is 111 Å². The monoisotopic (exact) mass is 248 g/mol. The molecule has 92 valence electrons. The van der Waals surface area contributed by atoms with Crippen LogP contribution < -0.4 is 4.90 Å². The van der Waals surface area contributed by atoms with E-state index in [4.69, 9.17) is 5.26 Å². The number of carbonyl (C=O) groups is 1. The highest BCUT2D eigenvalue weighted by Crippen LogP contribution is 2.26. The molecule has 1 aliphatic rings. The second-order valence-corrected chi connectivity index (χ2v) is 4.49. The van der Waals surface area contributed by atoms with Gasteiger partial charge in [-0.25, -0.2) is 0 Å². The van der Waals surface area contributed by atoms with E-state index in [9.17, 15) is 4.79 Å². The number of nitriles is 1. The third-order valence-corrected chi connectivity index (χ3v) is 3.41. The molecule has 2 aromatic rings. The number of para-hydroxylation sites is 1. The van der Waals surface area contributed by atoms with Crippen LogP contribution in [0.25, 0.3) is 0 Å². The van der Waals surface area contributed by atoms with Gasteiger partial charge in [0.15, 0.2) is 0 Å². The molecular weight excluding hydrogens is 236 g/mol. The lowest BCUT2D eigenvalue weighted by Crippen LogP contribution is -2.38. The molecular formula is C16H12N2O. The van der Waals surface area contributed by atoms with Crippen LogP contribution in [0.1, 0.15) is 21.5 Å². The van der Waals surface area contributed by atoms with Crippen LogP contribution in [0.15, 0.2) is 48.5 Å². The standard InChI is InChI=1S/C16H12N2O/c17-11-13-6-2-4-8-15(13)18-10-9-12-5-1-3-7-14(12)16(18)19/h1-8H,9-10H2. The lowest BCUT2D eigenvalue weighted by molar-refractivity contribution is 0.0980. The summed E-state index contributed by atoms with van der Waals surface area (Å²) >= 11 is 0. The van der Waals surface area contributed by atoms with Gasteiger partial charge < -0.3 is 4.90 Å². The summed E-state index contributed by atoms with van der Waals surface area (Å²) < 4.78 is 0. The van der Waals surface area contributed by atoms with Crippen LogP contribution in [0, 0.1) is 11.3 Å². The number of hydrogen-bond donors (Lipinski definition) is 0. The molecule has 3 nitrogen and oxygen atoms in total. The van der Waals surface area contributed by atoms with Gasteiger partial charge in [0.25, 0.3) is 5.91 Å². The summed E-state index contributed by atoms with van der Waals surface area (Å²) in [6.45, 7) is 0.620. The van der Waals surface area contributed by atoms with E-state index in [0.717, 1.165) is 17.5 Å². The molecule has 0 atom stereocenters. The fourth-order valence-corrected chi connectivity index (χ4v) is 2.46. The predicted octanol–water partition coefficient (Wildman–Crippen LogP) is 2.76. The first-order valence-corrected chi connectivity index (χ1v) is 6.20. The summed E-state index contributed by atoms with van der Waals surface area (Å²) in [6.07, 6.45) is 0.821. The maximum atomic E-state index is 12.5. The number of fused-ring (bicyclic) bond motifs is 1.